The average Bonchev–Trinajstić information content (AvgIpc) is 2.95. The van der Waals surface area contributed by atoms with Crippen LogP contribution in [0.5, 0.6) is 0 Å². The summed E-state index contributed by atoms with van der Waals surface area (Å²) in [5, 5.41) is 5.67. The first kappa shape index (κ1) is 19.1. The Morgan fingerprint density at radius 3 is 2.04 bits per heavy atom. The molecule has 1 unspecified atom stereocenters. The van der Waals surface area contributed by atoms with Gasteiger partial charge in [-0.15, -0.1) is 0 Å². The minimum Gasteiger partial charge on any atom is -0.343 e. The van der Waals surface area contributed by atoms with Crippen LogP contribution in [0.2, 0.25) is 0 Å². The maximum atomic E-state index is 13.0. The molecule has 0 amide bonds. The minimum absolute atomic E-state index is 0.160. The molecule has 0 spiro atoms. The van der Waals surface area contributed by atoms with Crippen LogP contribution in [0, 0.1) is 6.92 Å². The third-order valence-electron chi connectivity index (χ3n) is 5.06. The Morgan fingerprint density at radius 1 is 1.00 bits per heavy atom. The predicted octanol–water partition coefficient (Wildman–Crippen LogP) is 3.12. The maximum absolute atomic E-state index is 13.0. The van der Waals surface area contributed by atoms with Gasteiger partial charge in [-0.1, -0.05) is 60.7 Å². The first-order chi connectivity index (χ1) is 12.7. The van der Waals surface area contributed by atoms with Gasteiger partial charge in [-0.05, 0) is 31.0 Å². The maximum Gasteiger partial charge on any atom is 0.224 e. The van der Waals surface area contributed by atoms with Crippen molar-refractivity contribution in [3.63, 3.8) is 0 Å². The third kappa shape index (κ3) is 3.11. The van der Waals surface area contributed by atoms with Crippen LogP contribution in [0.1, 0.15) is 39.8 Å². The molecule has 1 heterocycles. The van der Waals surface area contributed by atoms with Crippen molar-refractivity contribution in [3.05, 3.63) is 94.8 Å². The van der Waals surface area contributed by atoms with E-state index in [1.807, 2.05) is 12.1 Å². The number of carbonyl (C=O) groups excluding carboxylic acids is 1. The van der Waals surface area contributed by atoms with E-state index in [0.29, 0.717) is 28.1 Å². The lowest BCUT2D eigenvalue weighted by Crippen LogP contribution is -2.40. The SMILES string of the molecule is Cc1cc(C(C)(c2ccccc2)S(N)(=O)=O)n(C)c1C(=O)c1ccccc1. The van der Waals surface area contributed by atoms with Crippen molar-refractivity contribution in [3.8, 4) is 0 Å². The molecule has 1 atom stereocenters. The largest absolute Gasteiger partial charge is 0.343 e. The smallest absolute Gasteiger partial charge is 0.224 e. The molecule has 0 saturated carbocycles. The van der Waals surface area contributed by atoms with E-state index in [9.17, 15) is 13.2 Å². The van der Waals surface area contributed by atoms with Gasteiger partial charge >= 0.3 is 0 Å². The van der Waals surface area contributed by atoms with Gasteiger partial charge in [0.05, 0.1) is 5.69 Å². The summed E-state index contributed by atoms with van der Waals surface area (Å²) in [5.74, 6) is -0.160. The average molecular weight is 382 g/mol. The second kappa shape index (κ2) is 6.79. The van der Waals surface area contributed by atoms with Crippen LogP contribution < -0.4 is 5.14 Å². The molecule has 0 saturated heterocycles. The predicted molar refractivity (Wildman–Crippen MR) is 106 cm³/mol. The molecule has 3 aromatic rings. The van der Waals surface area contributed by atoms with E-state index in [0.717, 1.165) is 0 Å². The molecule has 6 heteroatoms. The summed E-state index contributed by atoms with van der Waals surface area (Å²) in [6.07, 6.45) is 0. The van der Waals surface area contributed by atoms with Crippen LogP contribution in [-0.2, 0) is 21.8 Å². The number of sulfonamides is 1. The molecule has 0 aliphatic carbocycles. The van der Waals surface area contributed by atoms with E-state index in [1.165, 1.54) is 0 Å². The molecule has 0 fully saturated rings. The molecule has 1 aromatic heterocycles. The van der Waals surface area contributed by atoms with Gasteiger partial charge in [0.25, 0.3) is 0 Å². The van der Waals surface area contributed by atoms with Gasteiger partial charge in [0.2, 0.25) is 15.8 Å². The summed E-state index contributed by atoms with van der Waals surface area (Å²) in [6.45, 7) is 3.37. The summed E-state index contributed by atoms with van der Waals surface area (Å²) in [6, 6.07) is 19.4. The summed E-state index contributed by atoms with van der Waals surface area (Å²) < 4.78 is 25.5. The van der Waals surface area contributed by atoms with E-state index >= 15 is 0 Å². The highest BCUT2D eigenvalue weighted by Crippen LogP contribution is 2.38. The van der Waals surface area contributed by atoms with Crippen LogP contribution in [0.25, 0.3) is 0 Å². The molecular weight excluding hydrogens is 360 g/mol. The summed E-state index contributed by atoms with van der Waals surface area (Å²) >= 11 is 0. The van der Waals surface area contributed by atoms with Crippen molar-refractivity contribution < 1.29 is 13.2 Å². The van der Waals surface area contributed by atoms with E-state index in [-0.39, 0.29) is 5.78 Å². The Balaban J connectivity index is 2.24. The normalized spacial score (nSPS) is 13.9. The van der Waals surface area contributed by atoms with Crippen LogP contribution in [0.3, 0.4) is 0 Å². The molecule has 5 nitrogen and oxygen atoms in total. The molecular formula is C21H22N2O3S. The number of rotatable bonds is 5. The Bertz CT molecular complexity index is 1090. The van der Waals surface area contributed by atoms with Gasteiger partial charge in [-0.2, -0.15) is 0 Å². The molecule has 2 N–H and O–H groups in total. The topological polar surface area (TPSA) is 82.2 Å². The molecule has 0 aliphatic rings. The first-order valence-electron chi connectivity index (χ1n) is 8.52. The molecule has 3 rings (SSSR count). The lowest BCUT2D eigenvalue weighted by atomic mass is 9.96. The van der Waals surface area contributed by atoms with Crippen molar-refractivity contribution in [1.29, 1.82) is 0 Å². The lowest BCUT2D eigenvalue weighted by Gasteiger charge is -2.29. The lowest BCUT2D eigenvalue weighted by molar-refractivity contribution is 0.103. The zero-order valence-electron chi connectivity index (χ0n) is 15.5. The fraction of sp³-hybridized carbons (Fsp3) is 0.190. The van der Waals surface area contributed by atoms with Crippen LogP contribution >= 0.6 is 0 Å². The van der Waals surface area contributed by atoms with Gasteiger partial charge < -0.3 is 4.57 Å². The summed E-state index contributed by atoms with van der Waals surface area (Å²) in [4.78, 5) is 13.0. The minimum atomic E-state index is -4.02. The van der Waals surface area contributed by atoms with Crippen LogP contribution in [0.4, 0.5) is 0 Å². The Morgan fingerprint density at radius 2 is 1.52 bits per heavy atom. The zero-order valence-corrected chi connectivity index (χ0v) is 16.3. The number of hydrogen-bond donors (Lipinski definition) is 1. The van der Waals surface area contributed by atoms with E-state index < -0.39 is 14.8 Å². The highest BCUT2D eigenvalue weighted by atomic mass is 32.2. The monoisotopic (exact) mass is 382 g/mol. The van der Waals surface area contributed by atoms with Crippen molar-refractivity contribution in [1.82, 2.24) is 4.57 Å². The summed E-state index contributed by atoms with van der Waals surface area (Å²) in [7, 11) is -2.32. The molecule has 140 valence electrons. The number of benzene rings is 2. The van der Waals surface area contributed by atoms with Crippen LogP contribution in [-0.4, -0.2) is 18.8 Å². The molecule has 27 heavy (non-hydrogen) atoms. The number of nitrogens with two attached hydrogens (primary N) is 1. The van der Waals surface area contributed by atoms with E-state index in [1.54, 1.807) is 80.1 Å². The number of aryl methyl sites for hydroxylation is 1. The summed E-state index contributed by atoms with van der Waals surface area (Å²) in [5.41, 5.74) is 2.69. The molecule has 0 aliphatic heterocycles. The zero-order chi connectivity index (χ0) is 19.8. The standard InChI is InChI=1S/C21H22N2O3S/c1-15-14-18(21(2,27(22,25)26)17-12-8-5-9-13-17)23(3)19(15)20(24)16-10-6-4-7-11-16/h4-14H,1-3H3,(H2,22,25,26). The van der Waals surface area contributed by atoms with Crippen LogP contribution in [0.15, 0.2) is 66.7 Å². The molecule has 0 radical (unpaired) electrons. The number of hydrogen-bond acceptors (Lipinski definition) is 3. The van der Waals surface area contributed by atoms with Crippen molar-refractivity contribution in [2.24, 2.45) is 12.2 Å². The second-order valence-corrected chi connectivity index (χ2v) is 8.67. The Kier molecular flexibility index (Phi) is 4.80. The fourth-order valence-corrected chi connectivity index (χ4v) is 4.44. The fourth-order valence-electron chi connectivity index (χ4n) is 3.48. The van der Waals surface area contributed by atoms with Gasteiger partial charge in [0, 0.05) is 18.3 Å². The number of ketones is 1. The van der Waals surface area contributed by atoms with Gasteiger partial charge in [0.1, 0.15) is 4.75 Å². The van der Waals surface area contributed by atoms with E-state index in [4.69, 9.17) is 5.14 Å². The molecule has 0 bridgehead atoms. The Hall–Kier alpha value is -2.70. The quantitative estimate of drug-likeness (QED) is 0.688. The third-order valence-corrected chi connectivity index (χ3v) is 6.64. The van der Waals surface area contributed by atoms with Gasteiger partial charge in [-0.3, -0.25) is 4.79 Å². The van der Waals surface area contributed by atoms with Gasteiger partial charge in [-0.25, -0.2) is 13.6 Å². The first-order valence-corrected chi connectivity index (χ1v) is 10.1. The van der Waals surface area contributed by atoms with Gasteiger partial charge in [0.15, 0.2) is 0 Å². The second-order valence-electron chi connectivity index (χ2n) is 6.76. The number of aromatic nitrogens is 1. The van der Waals surface area contributed by atoms with Crippen molar-refractivity contribution in [2.75, 3.05) is 0 Å². The highest BCUT2D eigenvalue weighted by Gasteiger charge is 2.43. The number of nitrogens with zero attached hydrogens (tertiary/aromatic N) is 1. The number of primary sulfonamides is 1. The van der Waals surface area contributed by atoms with Crippen molar-refractivity contribution >= 4 is 15.8 Å². The van der Waals surface area contributed by atoms with E-state index in [2.05, 4.69) is 0 Å². The Labute approximate surface area is 159 Å². The highest BCUT2D eigenvalue weighted by molar-refractivity contribution is 7.90. The molecule has 2 aromatic carbocycles. The van der Waals surface area contributed by atoms with Crippen molar-refractivity contribution in [2.45, 2.75) is 18.6 Å². The number of carbonyl (C=O) groups is 1.